The van der Waals surface area contributed by atoms with Gasteiger partial charge in [0, 0.05) is 18.8 Å². The van der Waals surface area contributed by atoms with Gasteiger partial charge in [0.2, 0.25) is 0 Å². The van der Waals surface area contributed by atoms with Crippen molar-refractivity contribution in [3.8, 4) is 0 Å². The first-order chi connectivity index (χ1) is 6.79. The molecule has 3 nitrogen and oxygen atoms in total. The average molecular weight is 189 g/mol. The Morgan fingerprint density at radius 1 is 1.57 bits per heavy atom. The molecule has 14 heavy (non-hydrogen) atoms. The van der Waals surface area contributed by atoms with Crippen LogP contribution in [0, 0.1) is 5.41 Å². The summed E-state index contributed by atoms with van der Waals surface area (Å²) in [6.45, 7) is 0. The van der Waals surface area contributed by atoms with Gasteiger partial charge in [0.15, 0.2) is 0 Å². The molecule has 1 aliphatic heterocycles. The molecule has 1 atom stereocenters. The predicted molar refractivity (Wildman–Crippen MR) is 53.9 cm³/mol. The van der Waals surface area contributed by atoms with Crippen molar-refractivity contribution in [3.05, 3.63) is 36.1 Å². The molecule has 72 valence electrons. The molecule has 0 bridgehead atoms. The third-order valence-electron chi connectivity index (χ3n) is 2.56. The SMILES string of the molecule is COC(=O)[C@]12C=CC=CC1=CN=CC2. The van der Waals surface area contributed by atoms with Crippen LogP contribution in [0.2, 0.25) is 0 Å². The Labute approximate surface area is 82.5 Å². The standard InChI is InChI=1S/C11H11NO2/c1-14-10(13)11-5-3-2-4-9(11)8-12-7-6-11/h2-5,7-8H,6H2,1H3/t11-/m0/s1. The molecular weight excluding hydrogens is 178 g/mol. The second-order valence-corrected chi connectivity index (χ2v) is 3.30. The lowest BCUT2D eigenvalue weighted by molar-refractivity contribution is -0.147. The minimum atomic E-state index is -0.634. The summed E-state index contributed by atoms with van der Waals surface area (Å²) >= 11 is 0. The molecule has 2 rings (SSSR count). The molecular formula is C11H11NO2. The van der Waals surface area contributed by atoms with E-state index in [0.29, 0.717) is 6.42 Å². The highest BCUT2D eigenvalue weighted by Gasteiger charge is 2.41. The van der Waals surface area contributed by atoms with Crippen LogP contribution in [-0.4, -0.2) is 19.3 Å². The molecule has 3 heteroatoms. The van der Waals surface area contributed by atoms with Gasteiger partial charge in [-0.2, -0.15) is 0 Å². The minimum absolute atomic E-state index is 0.226. The lowest BCUT2D eigenvalue weighted by Crippen LogP contribution is -2.34. The van der Waals surface area contributed by atoms with Crippen molar-refractivity contribution in [1.82, 2.24) is 0 Å². The minimum Gasteiger partial charge on any atom is -0.468 e. The first-order valence-corrected chi connectivity index (χ1v) is 4.46. The molecule has 0 aromatic heterocycles. The summed E-state index contributed by atoms with van der Waals surface area (Å²) in [5, 5.41) is 0. The number of nitrogens with zero attached hydrogens (tertiary/aromatic N) is 1. The van der Waals surface area contributed by atoms with Crippen molar-refractivity contribution in [2.75, 3.05) is 7.11 Å². The van der Waals surface area contributed by atoms with Gasteiger partial charge in [-0.1, -0.05) is 24.3 Å². The normalized spacial score (nSPS) is 28.2. The number of esters is 1. The fourth-order valence-electron chi connectivity index (χ4n) is 1.75. The summed E-state index contributed by atoms with van der Waals surface area (Å²) < 4.78 is 4.82. The van der Waals surface area contributed by atoms with E-state index in [2.05, 4.69) is 4.99 Å². The molecule has 0 unspecified atom stereocenters. The van der Waals surface area contributed by atoms with Crippen molar-refractivity contribution in [3.63, 3.8) is 0 Å². The average Bonchev–Trinajstić information content (AvgIpc) is 2.28. The number of hydrogen-bond donors (Lipinski definition) is 0. The number of fused-ring (bicyclic) bond motifs is 1. The van der Waals surface area contributed by atoms with E-state index in [0.717, 1.165) is 5.57 Å². The summed E-state index contributed by atoms with van der Waals surface area (Å²) in [6, 6.07) is 0. The third-order valence-corrected chi connectivity index (χ3v) is 2.56. The molecule has 0 saturated heterocycles. The molecule has 0 saturated carbocycles. The van der Waals surface area contributed by atoms with E-state index in [4.69, 9.17) is 4.74 Å². The zero-order chi connectivity index (χ0) is 10.0. The summed E-state index contributed by atoms with van der Waals surface area (Å²) in [7, 11) is 1.41. The molecule has 1 heterocycles. The van der Waals surface area contributed by atoms with E-state index in [1.165, 1.54) is 7.11 Å². The largest absolute Gasteiger partial charge is 0.468 e. The number of hydrogen-bond acceptors (Lipinski definition) is 3. The van der Waals surface area contributed by atoms with E-state index < -0.39 is 5.41 Å². The van der Waals surface area contributed by atoms with Crippen LogP contribution in [0.1, 0.15) is 6.42 Å². The van der Waals surface area contributed by atoms with Crippen molar-refractivity contribution in [1.29, 1.82) is 0 Å². The Bertz CT molecular complexity index is 377. The highest BCUT2D eigenvalue weighted by molar-refractivity contribution is 5.89. The molecule has 0 spiro atoms. The Kier molecular flexibility index (Phi) is 2.08. The maximum Gasteiger partial charge on any atom is 0.320 e. The van der Waals surface area contributed by atoms with Gasteiger partial charge in [0.1, 0.15) is 5.41 Å². The van der Waals surface area contributed by atoms with E-state index in [1.807, 2.05) is 24.3 Å². The van der Waals surface area contributed by atoms with Crippen molar-refractivity contribution < 1.29 is 9.53 Å². The Balaban J connectivity index is 2.46. The summed E-state index contributed by atoms with van der Waals surface area (Å²) in [4.78, 5) is 15.8. The summed E-state index contributed by atoms with van der Waals surface area (Å²) in [5.74, 6) is -0.226. The highest BCUT2D eigenvalue weighted by Crippen LogP contribution is 2.38. The molecule has 0 radical (unpaired) electrons. The molecule has 1 aliphatic carbocycles. The predicted octanol–water partition coefficient (Wildman–Crippen LogP) is 1.63. The van der Waals surface area contributed by atoms with Crippen LogP contribution in [0.25, 0.3) is 0 Å². The maximum absolute atomic E-state index is 11.7. The quantitative estimate of drug-likeness (QED) is 0.588. The van der Waals surface area contributed by atoms with E-state index >= 15 is 0 Å². The lowest BCUT2D eigenvalue weighted by Gasteiger charge is -2.30. The van der Waals surface area contributed by atoms with Crippen molar-refractivity contribution in [2.45, 2.75) is 6.42 Å². The van der Waals surface area contributed by atoms with Gasteiger partial charge in [0.25, 0.3) is 0 Å². The van der Waals surface area contributed by atoms with E-state index in [-0.39, 0.29) is 5.97 Å². The zero-order valence-corrected chi connectivity index (χ0v) is 7.93. The van der Waals surface area contributed by atoms with Crippen LogP contribution in [0.15, 0.2) is 41.1 Å². The van der Waals surface area contributed by atoms with Gasteiger partial charge >= 0.3 is 5.97 Å². The molecule has 0 amide bonds. The van der Waals surface area contributed by atoms with Gasteiger partial charge in [-0.05, 0) is 5.57 Å². The van der Waals surface area contributed by atoms with Gasteiger partial charge in [-0.3, -0.25) is 9.79 Å². The number of carbonyl (C=O) groups excluding carboxylic acids is 1. The first kappa shape index (κ1) is 8.94. The Hall–Kier alpha value is -1.64. The van der Waals surface area contributed by atoms with Crippen molar-refractivity contribution in [2.24, 2.45) is 10.4 Å². The highest BCUT2D eigenvalue weighted by atomic mass is 16.5. The van der Waals surface area contributed by atoms with E-state index in [1.54, 1.807) is 12.4 Å². The number of carbonyl (C=O) groups is 1. The topological polar surface area (TPSA) is 38.7 Å². The number of allylic oxidation sites excluding steroid dienone is 3. The lowest BCUT2D eigenvalue weighted by atomic mass is 9.74. The van der Waals surface area contributed by atoms with Gasteiger partial charge in [0.05, 0.1) is 7.11 Å². The molecule has 2 aliphatic rings. The number of aliphatic imine (C=N–C) groups is 1. The number of methoxy groups -OCH3 is 1. The smallest absolute Gasteiger partial charge is 0.320 e. The summed E-state index contributed by atoms with van der Waals surface area (Å²) in [5.41, 5.74) is 0.264. The van der Waals surface area contributed by atoms with Crippen molar-refractivity contribution >= 4 is 12.2 Å². The maximum atomic E-state index is 11.7. The summed E-state index contributed by atoms with van der Waals surface area (Å²) in [6.07, 6.45) is 11.6. The van der Waals surface area contributed by atoms with Crippen LogP contribution >= 0.6 is 0 Å². The second kappa shape index (κ2) is 3.25. The van der Waals surface area contributed by atoms with Gasteiger partial charge in [-0.25, -0.2) is 0 Å². The van der Waals surface area contributed by atoms with E-state index in [9.17, 15) is 4.79 Å². The van der Waals surface area contributed by atoms with Crippen LogP contribution in [0.3, 0.4) is 0 Å². The monoisotopic (exact) mass is 189 g/mol. The molecule has 0 fully saturated rings. The fourth-order valence-corrected chi connectivity index (χ4v) is 1.75. The molecule has 0 aromatic rings. The number of rotatable bonds is 1. The van der Waals surface area contributed by atoms with Gasteiger partial charge < -0.3 is 4.74 Å². The molecule has 0 aromatic carbocycles. The second-order valence-electron chi connectivity index (χ2n) is 3.30. The number of ether oxygens (including phenoxy) is 1. The molecule has 0 N–H and O–H groups in total. The van der Waals surface area contributed by atoms with Crippen LogP contribution in [0.4, 0.5) is 0 Å². The van der Waals surface area contributed by atoms with Crippen LogP contribution < -0.4 is 0 Å². The first-order valence-electron chi connectivity index (χ1n) is 4.46. The fraction of sp³-hybridized carbons (Fsp3) is 0.273. The third kappa shape index (κ3) is 1.13. The Morgan fingerprint density at radius 2 is 2.43 bits per heavy atom. The van der Waals surface area contributed by atoms with Gasteiger partial charge in [-0.15, -0.1) is 0 Å². The van der Waals surface area contributed by atoms with Crippen LogP contribution in [0.5, 0.6) is 0 Å². The zero-order valence-electron chi connectivity index (χ0n) is 7.93. The van der Waals surface area contributed by atoms with Crippen LogP contribution in [-0.2, 0) is 9.53 Å². The Morgan fingerprint density at radius 3 is 3.21 bits per heavy atom.